The minimum absolute atomic E-state index is 0.103. The molecular formula is C12H20BNO6. The fraction of sp³-hybridized carbons (Fsp3) is 0.667. The third-order valence-corrected chi connectivity index (χ3v) is 2.69. The highest BCUT2D eigenvalue weighted by Crippen LogP contribution is 2.25. The Kier molecular flexibility index (Phi) is 5.18. The van der Waals surface area contributed by atoms with E-state index < -0.39 is 30.8 Å². The molecule has 1 aliphatic rings. The highest BCUT2D eigenvalue weighted by atomic mass is 16.6. The summed E-state index contributed by atoms with van der Waals surface area (Å²) in [4.78, 5) is 25.0. The maximum absolute atomic E-state index is 12.1. The molecule has 1 saturated heterocycles. The summed E-state index contributed by atoms with van der Waals surface area (Å²) in [6.45, 7) is 5.28. The first kappa shape index (κ1) is 16.5. The lowest BCUT2D eigenvalue weighted by molar-refractivity contribution is -0.145. The molecule has 1 heterocycles. The van der Waals surface area contributed by atoms with Crippen LogP contribution in [0.15, 0.2) is 11.5 Å². The first-order valence-corrected chi connectivity index (χ1v) is 6.27. The molecule has 112 valence electrons. The van der Waals surface area contributed by atoms with Crippen LogP contribution in [0.25, 0.3) is 0 Å². The molecule has 1 rings (SSSR count). The molecule has 0 spiro atoms. The van der Waals surface area contributed by atoms with Crippen molar-refractivity contribution in [2.45, 2.75) is 38.8 Å². The summed E-state index contributed by atoms with van der Waals surface area (Å²) in [6, 6.07) is -0.806. The first-order chi connectivity index (χ1) is 9.14. The Morgan fingerprint density at radius 1 is 1.40 bits per heavy atom. The number of hydrogen-bond acceptors (Lipinski definition) is 6. The van der Waals surface area contributed by atoms with Crippen LogP contribution in [0.4, 0.5) is 4.79 Å². The van der Waals surface area contributed by atoms with Crippen molar-refractivity contribution in [3.8, 4) is 0 Å². The van der Waals surface area contributed by atoms with Gasteiger partial charge in [0.2, 0.25) is 0 Å². The van der Waals surface area contributed by atoms with E-state index in [-0.39, 0.29) is 13.0 Å². The number of ether oxygens (including phenoxy) is 2. The van der Waals surface area contributed by atoms with Crippen LogP contribution >= 0.6 is 0 Å². The molecule has 1 aliphatic heterocycles. The van der Waals surface area contributed by atoms with E-state index in [2.05, 4.69) is 4.74 Å². The Bertz CT molecular complexity index is 415. The average molecular weight is 285 g/mol. The summed E-state index contributed by atoms with van der Waals surface area (Å²) < 4.78 is 9.88. The molecule has 0 saturated carbocycles. The topological polar surface area (TPSA) is 96.3 Å². The normalized spacial score (nSPS) is 21.0. The molecule has 8 heteroatoms. The molecule has 1 atom stereocenters. The number of nitrogens with zero attached hydrogens (tertiary/aromatic N) is 1. The fourth-order valence-electron chi connectivity index (χ4n) is 1.94. The standard InChI is InChI=1S/C12H20BNO6/c1-12(2,3)20-11(16)14-7-8(6-13(17)18)5-9(14)10(15)19-4/h6,9,17-18H,5,7H2,1-4H3/b8-6+. The first-order valence-electron chi connectivity index (χ1n) is 6.27. The van der Waals surface area contributed by atoms with Gasteiger partial charge in [0.05, 0.1) is 7.11 Å². The lowest BCUT2D eigenvalue weighted by atomic mass is 9.88. The summed E-state index contributed by atoms with van der Waals surface area (Å²) in [6.07, 6.45) is -0.437. The van der Waals surface area contributed by atoms with Crippen LogP contribution in [0, 0.1) is 0 Å². The molecule has 0 aliphatic carbocycles. The lowest BCUT2D eigenvalue weighted by Gasteiger charge is -2.27. The number of hydrogen-bond donors (Lipinski definition) is 2. The van der Waals surface area contributed by atoms with Gasteiger partial charge in [-0.1, -0.05) is 11.5 Å². The maximum Gasteiger partial charge on any atom is 0.480 e. The van der Waals surface area contributed by atoms with Gasteiger partial charge in [-0.2, -0.15) is 0 Å². The van der Waals surface area contributed by atoms with Crippen molar-refractivity contribution in [1.82, 2.24) is 4.90 Å². The highest BCUT2D eigenvalue weighted by Gasteiger charge is 2.39. The van der Waals surface area contributed by atoms with Crippen molar-refractivity contribution in [3.05, 3.63) is 11.5 Å². The summed E-state index contributed by atoms with van der Waals surface area (Å²) in [5.41, 5.74) is -0.109. The van der Waals surface area contributed by atoms with Gasteiger partial charge >= 0.3 is 19.2 Å². The Morgan fingerprint density at radius 2 is 2.00 bits per heavy atom. The van der Waals surface area contributed by atoms with Gasteiger partial charge in [-0.05, 0) is 20.8 Å². The van der Waals surface area contributed by atoms with Gasteiger partial charge in [0, 0.05) is 13.0 Å². The molecule has 0 bridgehead atoms. The van der Waals surface area contributed by atoms with Crippen molar-refractivity contribution in [3.63, 3.8) is 0 Å². The Balaban J connectivity index is 2.90. The number of rotatable bonds is 2. The number of amides is 1. The van der Waals surface area contributed by atoms with E-state index in [0.717, 1.165) is 0 Å². The number of carbonyl (C=O) groups excluding carboxylic acids is 2. The van der Waals surface area contributed by atoms with Crippen LogP contribution in [-0.2, 0) is 14.3 Å². The third kappa shape index (κ3) is 4.54. The van der Waals surface area contributed by atoms with Crippen molar-refractivity contribution < 1.29 is 29.1 Å². The second kappa shape index (κ2) is 6.28. The van der Waals surface area contributed by atoms with Crippen LogP contribution in [-0.4, -0.2) is 59.4 Å². The molecule has 0 aromatic heterocycles. The zero-order chi connectivity index (χ0) is 15.5. The van der Waals surface area contributed by atoms with Crippen LogP contribution in [0.5, 0.6) is 0 Å². The van der Waals surface area contributed by atoms with Crippen molar-refractivity contribution in [1.29, 1.82) is 0 Å². The highest BCUT2D eigenvalue weighted by molar-refractivity contribution is 6.47. The van der Waals surface area contributed by atoms with Gasteiger partial charge < -0.3 is 19.5 Å². The second-order valence-electron chi connectivity index (χ2n) is 5.59. The maximum atomic E-state index is 12.1. The predicted molar refractivity (Wildman–Crippen MR) is 71.6 cm³/mol. The smallest absolute Gasteiger partial charge is 0.467 e. The zero-order valence-corrected chi connectivity index (χ0v) is 12.1. The molecule has 1 fully saturated rings. The zero-order valence-electron chi connectivity index (χ0n) is 12.1. The van der Waals surface area contributed by atoms with Crippen molar-refractivity contribution in [2.24, 2.45) is 0 Å². The summed E-state index contributed by atoms with van der Waals surface area (Å²) in [5.74, 6) is 0.631. The minimum Gasteiger partial charge on any atom is -0.467 e. The number of carbonyl (C=O) groups is 2. The Hall–Kier alpha value is -1.54. The molecule has 2 N–H and O–H groups in total. The van der Waals surface area contributed by atoms with Gasteiger partial charge in [-0.15, -0.1) is 0 Å². The quantitative estimate of drug-likeness (QED) is 0.552. The van der Waals surface area contributed by atoms with E-state index >= 15 is 0 Å². The summed E-state index contributed by atoms with van der Waals surface area (Å²) >= 11 is 0. The summed E-state index contributed by atoms with van der Waals surface area (Å²) in [7, 11) is -0.389. The fourth-order valence-corrected chi connectivity index (χ4v) is 1.94. The molecule has 0 radical (unpaired) electrons. The van der Waals surface area contributed by atoms with Gasteiger partial charge in [-0.25, -0.2) is 9.59 Å². The predicted octanol–water partition coefficient (Wildman–Crippen LogP) is 0.107. The average Bonchev–Trinajstić information content (AvgIpc) is 2.68. The van der Waals surface area contributed by atoms with Crippen LogP contribution in [0.3, 0.4) is 0 Å². The SMILES string of the molecule is COC(=O)C1C/C(=C\B(O)O)CN1C(=O)OC(C)(C)C. The largest absolute Gasteiger partial charge is 0.480 e. The second-order valence-corrected chi connectivity index (χ2v) is 5.59. The van der Waals surface area contributed by atoms with E-state index in [4.69, 9.17) is 14.8 Å². The molecule has 20 heavy (non-hydrogen) atoms. The van der Waals surface area contributed by atoms with Gasteiger partial charge in [0.25, 0.3) is 0 Å². The molecule has 0 aromatic carbocycles. The van der Waals surface area contributed by atoms with E-state index in [1.54, 1.807) is 20.8 Å². The molecule has 1 amide bonds. The third-order valence-electron chi connectivity index (χ3n) is 2.69. The lowest BCUT2D eigenvalue weighted by Crippen LogP contribution is -2.43. The van der Waals surface area contributed by atoms with Crippen molar-refractivity contribution >= 4 is 19.2 Å². The number of esters is 1. The van der Waals surface area contributed by atoms with E-state index in [0.29, 0.717) is 5.57 Å². The Labute approximate surface area is 118 Å². The monoisotopic (exact) mass is 285 g/mol. The van der Waals surface area contributed by atoms with E-state index in [1.807, 2.05) is 0 Å². The van der Waals surface area contributed by atoms with Crippen LogP contribution < -0.4 is 0 Å². The molecular weight excluding hydrogens is 265 g/mol. The van der Waals surface area contributed by atoms with E-state index in [1.165, 1.54) is 18.0 Å². The van der Waals surface area contributed by atoms with Gasteiger partial charge in [0.15, 0.2) is 0 Å². The summed E-state index contributed by atoms with van der Waals surface area (Å²) in [5, 5.41) is 17.9. The Morgan fingerprint density at radius 3 is 2.45 bits per heavy atom. The van der Waals surface area contributed by atoms with Gasteiger partial charge in [0.1, 0.15) is 11.6 Å². The van der Waals surface area contributed by atoms with Gasteiger partial charge in [-0.3, -0.25) is 4.90 Å². The van der Waals surface area contributed by atoms with Crippen LogP contribution in [0.1, 0.15) is 27.2 Å². The number of likely N-dealkylation sites (tertiary alicyclic amines) is 1. The molecule has 1 unspecified atom stereocenters. The minimum atomic E-state index is -1.62. The van der Waals surface area contributed by atoms with Crippen molar-refractivity contribution in [2.75, 3.05) is 13.7 Å². The molecule has 7 nitrogen and oxygen atoms in total. The molecule has 0 aromatic rings. The van der Waals surface area contributed by atoms with E-state index in [9.17, 15) is 9.59 Å². The van der Waals surface area contributed by atoms with Crippen LogP contribution in [0.2, 0.25) is 0 Å². The number of methoxy groups -OCH3 is 1.